The minimum Gasteiger partial charge on any atom is -0.399 e. The second-order valence-corrected chi connectivity index (χ2v) is 5.96. The van der Waals surface area contributed by atoms with Crippen LogP contribution in [0.15, 0.2) is 24.3 Å². The number of nitrogens with two attached hydrogens (primary N) is 1. The van der Waals surface area contributed by atoms with E-state index in [1.54, 1.807) is 6.07 Å². The third kappa shape index (κ3) is 5.02. The number of anilines is 2. The van der Waals surface area contributed by atoms with Gasteiger partial charge in [-0.25, -0.2) is 0 Å². The highest BCUT2D eigenvalue weighted by Crippen LogP contribution is 2.15. The van der Waals surface area contributed by atoms with E-state index in [0.29, 0.717) is 18.2 Å². The third-order valence-electron chi connectivity index (χ3n) is 4.08. The standard InChI is InChI=1S/C16H26N4O/c1-19(12-15-7-4-9-20(15)2)10-8-16(21)18-14-6-3-5-13(17)11-14/h3,5-6,11,15H,4,7-10,12,17H2,1-2H3,(H,18,21). The van der Waals surface area contributed by atoms with Crippen LogP contribution < -0.4 is 11.1 Å². The van der Waals surface area contributed by atoms with Crippen molar-refractivity contribution < 1.29 is 4.79 Å². The van der Waals surface area contributed by atoms with Crippen molar-refractivity contribution in [2.75, 3.05) is 44.8 Å². The molecule has 2 rings (SSSR count). The van der Waals surface area contributed by atoms with Gasteiger partial charge in [-0.05, 0) is 51.7 Å². The highest BCUT2D eigenvalue weighted by Gasteiger charge is 2.22. The highest BCUT2D eigenvalue weighted by molar-refractivity contribution is 5.91. The summed E-state index contributed by atoms with van der Waals surface area (Å²) >= 11 is 0. The number of nitrogens with zero attached hydrogens (tertiary/aromatic N) is 2. The van der Waals surface area contributed by atoms with Gasteiger partial charge >= 0.3 is 0 Å². The fourth-order valence-electron chi connectivity index (χ4n) is 2.79. The number of likely N-dealkylation sites (N-methyl/N-ethyl adjacent to an activating group) is 2. The molecule has 3 N–H and O–H groups in total. The number of rotatable bonds is 6. The van der Waals surface area contributed by atoms with Crippen molar-refractivity contribution in [2.45, 2.75) is 25.3 Å². The lowest BCUT2D eigenvalue weighted by atomic mass is 10.2. The maximum atomic E-state index is 11.9. The number of carbonyl (C=O) groups is 1. The van der Waals surface area contributed by atoms with Crippen molar-refractivity contribution in [2.24, 2.45) is 0 Å². The Hall–Kier alpha value is -1.59. The summed E-state index contributed by atoms with van der Waals surface area (Å²) in [6.45, 7) is 3.00. The smallest absolute Gasteiger partial charge is 0.225 e. The normalized spacial score (nSPS) is 19.1. The largest absolute Gasteiger partial charge is 0.399 e. The molecule has 1 aliphatic heterocycles. The molecular formula is C16H26N4O. The van der Waals surface area contributed by atoms with Gasteiger partial charge in [0.1, 0.15) is 0 Å². The summed E-state index contributed by atoms with van der Waals surface area (Å²) in [7, 11) is 4.26. The average Bonchev–Trinajstić information content (AvgIpc) is 2.82. The molecule has 5 heteroatoms. The van der Waals surface area contributed by atoms with Gasteiger partial charge in [-0.3, -0.25) is 4.79 Å². The van der Waals surface area contributed by atoms with Crippen LogP contribution in [0.2, 0.25) is 0 Å². The summed E-state index contributed by atoms with van der Waals surface area (Å²) in [6, 6.07) is 7.90. The molecule has 0 aromatic heterocycles. The zero-order valence-corrected chi connectivity index (χ0v) is 13.0. The predicted molar refractivity (Wildman–Crippen MR) is 87.3 cm³/mol. The fraction of sp³-hybridized carbons (Fsp3) is 0.562. The number of amides is 1. The quantitative estimate of drug-likeness (QED) is 0.782. The molecule has 1 amide bonds. The molecule has 116 valence electrons. The second-order valence-electron chi connectivity index (χ2n) is 5.96. The third-order valence-corrected chi connectivity index (χ3v) is 4.08. The van der Waals surface area contributed by atoms with E-state index in [-0.39, 0.29) is 5.91 Å². The molecule has 1 heterocycles. The molecule has 1 saturated heterocycles. The number of benzene rings is 1. The van der Waals surface area contributed by atoms with Gasteiger partial charge in [0.15, 0.2) is 0 Å². The van der Waals surface area contributed by atoms with Gasteiger partial charge < -0.3 is 20.9 Å². The average molecular weight is 290 g/mol. The Balaban J connectivity index is 1.71. The van der Waals surface area contributed by atoms with Crippen LogP contribution in [0.3, 0.4) is 0 Å². The maximum absolute atomic E-state index is 11.9. The molecule has 1 fully saturated rings. The Morgan fingerprint density at radius 3 is 3.00 bits per heavy atom. The Labute approximate surface area is 127 Å². The van der Waals surface area contributed by atoms with Crippen LogP contribution in [0.4, 0.5) is 11.4 Å². The number of likely N-dealkylation sites (tertiary alicyclic amines) is 1. The fourth-order valence-corrected chi connectivity index (χ4v) is 2.79. The molecule has 1 aromatic rings. The summed E-state index contributed by atoms with van der Waals surface area (Å²) in [5.41, 5.74) is 7.12. The van der Waals surface area contributed by atoms with Crippen LogP contribution in [0, 0.1) is 0 Å². The lowest BCUT2D eigenvalue weighted by Gasteiger charge is -2.25. The molecule has 21 heavy (non-hydrogen) atoms. The van der Waals surface area contributed by atoms with Gasteiger partial charge in [-0.1, -0.05) is 6.07 Å². The number of carbonyl (C=O) groups excluding carboxylic acids is 1. The van der Waals surface area contributed by atoms with Crippen molar-refractivity contribution in [1.29, 1.82) is 0 Å². The van der Waals surface area contributed by atoms with E-state index in [1.165, 1.54) is 19.4 Å². The zero-order valence-electron chi connectivity index (χ0n) is 13.0. The van der Waals surface area contributed by atoms with Crippen LogP contribution in [-0.2, 0) is 4.79 Å². The van der Waals surface area contributed by atoms with Crippen molar-refractivity contribution in [1.82, 2.24) is 9.80 Å². The minimum absolute atomic E-state index is 0.0345. The van der Waals surface area contributed by atoms with Gasteiger partial charge in [-0.15, -0.1) is 0 Å². The van der Waals surface area contributed by atoms with E-state index in [1.807, 2.05) is 18.2 Å². The first-order chi connectivity index (χ1) is 10.0. The van der Waals surface area contributed by atoms with Crippen molar-refractivity contribution in [3.8, 4) is 0 Å². The molecule has 0 spiro atoms. The van der Waals surface area contributed by atoms with Crippen LogP contribution in [0.1, 0.15) is 19.3 Å². The lowest BCUT2D eigenvalue weighted by Crippen LogP contribution is -2.37. The number of hydrogen-bond donors (Lipinski definition) is 2. The van der Waals surface area contributed by atoms with Crippen molar-refractivity contribution >= 4 is 17.3 Å². The summed E-state index contributed by atoms with van der Waals surface area (Å²) in [4.78, 5) is 16.6. The van der Waals surface area contributed by atoms with Crippen molar-refractivity contribution in [3.05, 3.63) is 24.3 Å². The second kappa shape index (κ2) is 7.43. The number of hydrogen-bond acceptors (Lipinski definition) is 4. The topological polar surface area (TPSA) is 61.6 Å². The van der Waals surface area contributed by atoms with E-state index >= 15 is 0 Å². The number of nitrogen functional groups attached to an aromatic ring is 1. The first-order valence-corrected chi connectivity index (χ1v) is 7.59. The van der Waals surface area contributed by atoms with Gasteiger partial charge in [0.05, 0.1) is 0 Å². The molecule has 0 aliphatic carbocycles. The maximum Gasteiger partial charge on any atom is 0.225 e. The minimum atomic E-state index is 0.0345. The summed E-state index contributed by atoms with van der Waals surface area (Å²) < 4.78 is 0. The molecule has 5 nitrogen and oxygen atoms in total. The number of nitrogens with one attached hydrogen (secondary N) is 1. The molecular weight excluding hydrogens is 264 g/mol. The zero-order chi connectivity index (χ0) is 15.2. The van der Waals surface area contributed by atoms with E-state index in [9.17, 15) is 4.79 Å². The van der Waals surface area contributed by atoms with Crippen LogP contribution in [0.25, 0.3) is 0 Å². The molecule has 1 unspecified atom stereocenters. The molecule has 0 bridgehead atoms. The van der Waals surface area contributed by atoms with Crippen molar-refractivity contribution in [3.63, 3.8) is 0 Å². The van der Waals surface area contributed by atoms with Gasteiger partial charge in [0.25, 0.3) is 0 Å². The molecule has 1 atom stereocenters. The first kappa shape index (κ1) is 15.8. The van der Waals surface area contributed by atoms with Gasteiger partial charge in [-0.2, -0.15) is 0 Å². The van der Waals surface area contributed by atoms with Crippen LogP contribution in [-0.4, -0.2) is 55.5 Å². The Morgan fingerprint density at radius 2 is 2.33 bits per heavy atom. The van der Waals surface area contributed by atoms with Crippen LogP contribution >= 0.6 is 0 Å². The first-order valence-electron chi connectivity index (χ1n) is 7.59. The Bertz CT molecular complexity index is 477. The Kier molecular flexibility index (Phi) is 5.59. The summed E-state index contributed by atoms with van der Waals surface area (Å²) in [6.07, 6.45) is 3.04. The predicted octanol–water partition coefficient (Wildman–Crippen LogP) is 1.62. The van der Waals surface area contributed by atoms with Gasteiger partial charge in [0, 0.05) is 36.9 Å². The molecule has 1 aliphatic rings. The monoisotopic (exact) mass is 290 g/mol. The SMILES string of the molecule is CN(CCC(=O)Nc1cccc(N)c1)CC1CCCN1C. The molecule has 1 aromatic carbocycles. The van der Waals surface area contributed by atoms with Crippen LogP contribution in [0.5, 0.6) is 0 Å². The summed E-state index contributed by atoms with van der Waals surface area (Å²) in [5, 5.41) is 2.88. The van der Waals surface area contributed by atoms with E-state index in [4.69, 9.17) is 5.73 Å². The van der Waals surface area contributed by atoms with Gasteiger partial charge in [0.2, 0.25) is 5.91 Å². The summed E-state index contributed by atoms with van der Waals surface area (Å²) in [5.74, 6) is 0.0345. The Morgan fingerprint density at radius 1 is 1.52 bits per heavy atom. The van der Waals surface area contributed by atoms with E-state index < -0.39 is 0 Å². The molecule has 0 saturated carbocycles. The van der Waals surface area contributed by atoms with E-state index in [2.05, 4.69) is 29.2 Å². The molecule has 0 radical (unpaired) electrons. The lowest BCUT2D eigenvalue weighted by molar-refractivity contribution is -0.116. The highest BCUT2D eigenvalue weighted by atomic mass is 16.1. The van der Waals surface area contributed by atoms with E-state index in [0.717, 1.165) is 18.8 Å².